The first-order valence-corrected chi connectivity index (χ1v) is 6.84. The molecule has 2 amide bonds. The molecule has 0 spiro atoms. The lowest BCUT2D eigenvalue weighted by Crippen LogP contribution is -2.59. The Morgan fingerprint density at radius 1 is 1.32 bits per heavy atom. The zero-order chi connectivity index (χ0) is 13.6. The topological polar surface area (TPSA) is 61.4 Å². The van der Waals surface area contributed by atoms with Crippen molar-refractivity contribution < 1.29 is 9.59 Å². The highest BCUT2D eigenvalue weighted by Gasteiger charge is 2.37. The Morgan fingerprint density at radius 2 is 2.00 bits per heavy atom. The van der Waals surface area contributed by atoms with Crippen LogP contribution in [-0.4, -0.2) is 48.4 Å². The second-order valence-corrected chi connectivity index (χ2v) is 4.99. The third-order valence-corrected chi connectivity index (χ3v) is 3.47. The molecule has 0 aliphatic carbocycles. The molecular formula is C13H26ClN3O2. The summed E-state index contributed by atoms with van der Waals surface area (Å²) in [7, 11) is 0. The summed E-state index contributed by atoms with van der Waals surface area (Å²) in [5, 5.41) is 6.02. The maximum absolute atomic E-state index is 12.5. The van der Waals surface area contributed by atoms with Crippen molar-refractivity contribution in [1.82, 2.24) is 15.5 Å². The summed E-state index contributed by atoms with van der Waals surface area (Å²) in [6, 6.07) is 0. The smallest absolute Gasteiger partial charge is 0.243 e. The number of likely N-dealkylation sites (N-methyl/N-ethyl adjacent to an activating group) is 2. The predicted octanol–water partition coefficient (Wildman–Crippen LogP) is 0.925. The lowest BCUT2D eigenvalue weighted by Gasteiger charge is -2.37. The molecular weight excluding hydrogens is 266 g/mol. The van der Waals surface area contributed by atoms with E-state index in [1.165, 1.54) is 0 Å². The Labute approximate surface area is 121 Å². The Kier molecular flexibility index (Phi) is 8.02. The molecule has 6 heteroatoms. The third kappa shape index (κ3) is 4.99. The molecule has 1 atom stereocenters. The van der Waals surface area contributed by atoms with Gasteiger partial charge >= 0.3 is 0 Å². The molecule has 1 fully saturated rings. The number of nitrogens with one attached hydrogen (secondary N) is 2. The van der Waals surface area contributed by atoms with E-state index in [2.05, 4.69) is 10.6 Å². The van der Waals surface area contributed by atoms with E-state index in [1.54, 1.807) is 4.90 Å². The second-order valence-electron chi connectivity index (χ2n) is 4.99. The minimum absolute atomic E-state index is 0. The van der Waals surface area contributed by atoms with E-state index in [0.29, 0.717) is 13.1 Å². The van der Waals surface area contributed by atoms with Crippen molar-refractivity contribution in [2.24, 2.45) is 0 Å². The Hall–Kier alpha value is -0.810. The van der Waals surface area contributed by atoms with Gasteiger partial charge in [-0.15, -0.1) is 12.4 Å². The molecule has 2 N–H and O–H groups in total. The highest BCUT2D eigenvalue weighted by molar-refractivity contribution is 5.90. The van der Waals surface area contributed by atoms with E-state index in [4.69, 9.17) is 0 Å². The second kappa shape index (κ2) is 8.38. The van der Waals surface area contributed by atoms with Gasteiger partial charge in [-0.05, 0) is 46.6 Å². The summed E-state index contributed by atoms with van der Waals surface area (Å²) in [6.07, 6.45) is 3.02. The van der Waals surface area contributed by atoms with Crippen LogP contribution in [0.5, 0.6) is 0 Å². The van der Waals surface area contributed by atoms with Crippen LogP contribution in [0.3, 0.4) is 0 Å². The van der Waals surface area contributed by atoms with Gasteiger partial charge in [-0.1, -0.05) is 0 Å². The molecule has 1 aliphatic heterocycles. The average Bonchev–Trinajstić information content (AvgIpc) is 2.36. The van der Waals surface area contributed by atoms with Crippen LogP contribution in [-0.2, 0) is 9.59 Å². The van der Waals surface area contributed by atoms with Gasteiger partial charge in [-0.25, -0.2) is 0 Å². The molecule has 112 valence electrons. The normalized spacial score (nSPS) is 22.3. The van der Waals surface area contributed by atoms with Gasteiger partial charge < -0.3 is 15.5 Å². The van der Waals surface area contributed by atoms with Crippen molar-refractivity contribution in [2.45, 2.75) is 45.6 Å². The number of carbonyl (C=O) groups excluding carboxylic acids is 2. The molecule has 0 bridgehead atoms. The number of carbonyl (C=O) groups is 2. The number of rotatable bonds is 5. The quantitative estimate of drug-likeness (QED) is 0.792. The van der Waals surface area contributed by atoms with Crippen LogP contribution >= 0.6 is 12.4 Å². The van der Waals surface area contributed by atoms with Crippen LogP contribution in [0.4, 0.5) is 0 Å². The number of halogens is 1. The average molecular weight is 292 g/mol. The van der Waals surface area contributed by atoms with Crippen LogP contribution in [0.2, 0.25) is 0 Å². The predicted molar refractivity (Wildman–Crippen MR) is 78.4 cm³/mol. The third-order valence-electron chi connectivity index (χ3n) is 3.47. The molecule has 19 heavy (non-hydrogen) atoms. The Morgan fingerprint density at radius 3 is 2.47 bits per heavy atom. The fraction of sp³-hybridized carbons (Fsp3) is 0.846. The first-order chi connectivity index (χ1) is 8.53. The van der Waals surface area contributed by atoms with E-state index in [9.17, 15) is 9.59 Å². The minimum Gasteiger partial charge on any atom is -0.355 e. The van der Waals surface area contributed by atoms with Crippen LogP contribution < -0.4 is 10.6 Å². The molecule has 1 aliphatic rings. The molecule has 1 saturated heterocycles. The lowest BCUT2D eigenvalue weighted by molar-refractivity contribution is -0.141. The van der Waals surface area contributed by atoms with Crippen LogP contribution in [0.15, 0.2) is 0 Å². The fourth-order valence-corrected chi connectivity index (χ4v) is 2.34. The number of nitrogens with zero attached hydrogens (tertiary/aromatic N) is 1. The molecule has 1 unspecified atom stereocenters. The number of amides is 2. The SMILES string of the molecule is CCNC(=O)CN(CC)C(=O)C1(C)CCCCN1.Cl. The molecule has 0 saturated carbocycles. The van der Waals surface area contributed by atoms with Crippen molar-refractivity contribution in [3.63, 3.8) is 0 Å². The van der Waals surface area contributed by atoms with E-state index in [1.807, 2.05) is 20.8 Å². The molecule has 0 radical (unpaired) electrons. The minimum atomic E-state index is -0.499. The molecule has 0 aromatic heterocycles. The summed E-state index contributed by atoms with van der Waals surface area (Å²) in [5.74, 6) is -0.0527. The number of piperidine rings is 1. The van der Waals surface area contributed by atoms with E-state index in [0.717, 1.165) is 25.8 Å². The van der Waals surface area contributed by atoms with E-state index >= 15 is 0 Å². The van der Waals surface area contributed by atoms with E-state index < -0.39 is 5.54 Å². The highest BCUT2D eigenvalue weighted by Crippen LogP contribution is 2.21. The zero-order valence-corrected chi connectivity index (χ0v) is 12.9. The van der Waals surface area contributed by atoms with Gasteiger partial charge in [-0.3, -0.25) is 9.59 Å². The Balaban J connectivity index is 0.00000324. The summed E-state index contributed by atoms with van der Waals surface area (Å²) in [6.45, 7) is 7.91. The van der Waals surface area contributed by atoms with Crippen molar-refractivity contribution in [1.29, 1.82) is 0 Å². The number of hydrogen-bond donors (Lipinski definition) is 2. The van der Waals surface area contributed by atoms with Gasteiger partial charge in [-0.2, -0.15) is 0 Å². The summed E-state index contributed by atoms with van der Waals surface area (Å²) in [5.41, 5.74) is -0.499. The molecule has 0 aromatic rings. The van der Waals surface area contributed by atoms with Crippen molar-refractivity contribution >= 4 is 24.2 Å². The molecule has 1 rings (SSSR count). The van der Waals surface area contributed by atoms with Gasteiger partial charge in [0.05, 0.1) is 12.1 Å². The first-order valence-electron chi connectivity index (χ1n) is 6.84. The molecule has 5 nitrogen and oxygen atoms in total. The molecule has 0 aromatic carbocycles. The maximum Gasteiger partial charge on any atom is 0.243 e. The zero-order valence-electron chi connectivity index (χ0n) is 12.1. The van der Waals surface area contributed by atoms with Crippen molar-refractivity contribution in [3.8, 4) is 0 Å². The standard InChI is InChI=1S/C13H25N3O2.ClH/c1-4-14-11(17)10-16(5-2)12(18)13(3)8-6-7-9-15-13;/h15H,4-10H2,1-3H3,(H,14,17);1H. The van der Waals surface area contributed by atoms with Gasteiger partial charge in [0.25, 0.3) is 0 Å². The number of hydrogen-bond acceptors (Lipinski definition) is 3. The summed E-state index contributed by atoms with van der Waals surface area (Å²) >= 11 is 0. The highest BCUT2D eigenvalue weighted by atomic mass is 35.5. The van der Waals surface area contributed by atoms with Gasteiger partial charge in [0.1, 0.15) is 0 Å². The largest absolute Gasteiger partial charge is 0.355 e. The van der Waals surface area contributed by atoms with Gasteiger partial charge in [0, 0.05) is 13.1 Å². The molecule has 1 heterocycles. The van der Waals surface area contributed by atoms with Gasteiger partial charge in [0.15, 0.2) is 0 Å². The maximum atomic E-state index is 12.5. The Bertz CT molecular complexity index is 304. The van der Waals surface area contributed by atoms with Crippen LogP contribution in [0.25, 0.3) is 0 Å². The van der Waals surface area contributed by atoms with E-state index in [-0.39, 0.29) is 30.8 Å². The van der Waals surface area contributed by atoms with Crippen LogP contribution in [0, 0.1) is 0 Å². The monoisotopic (exact) mass is 291 g/mol. The lowest BCUT2D eigenvalue weighted by atomic mass is 9.89. The van der Waals surface area contributed by atoms with Crippen molar-refractivity contribution in [2.75, 3.05) is 26.2 Å². The van der Waals surface area contributed by atoms with Crippen LogP contribution in [0.1, 0.15) is 40.0 Å². The van der Waals surface area contributed by atoms with Crippen molar-refractivity contribution in [3.05, 3.63) is 0 Å². The first kappa shape index (κ1) is 18.2. The summed E-state index contributed by atoms with van der Waals surface area (Å²) in [4.78, 5) is 25.7. The van der Waals surface area contributed by atoms with Gasteiger partial charge in [0.2, 0.25) is 11.8 Å². The fourth-order valence-electron chi connectivity index (χ4n) is 2.34. The summed E-state index contributed by atoms with van der Waals surface area (Å²) < 4.78 is 0.